The predicted molar refractivity (Wildman–Crippen MR) is 86.1 cm³/mol. The number of thioether (sulfide) groups is 1. The Hall–Kier alpha value is -2.01. The topological polar surface area (TPSA) is 55.1 Å². The Balaban J connectivity index is 1.97. The van der Waals surface area contributed by atoms with Gasteiger partial charge in [-0.1, -0.05) is 12.1 Å². The van der Waals surface area contributed by atoms with Crippen LogP contribution >= 0.6 is 11.8 Å². The van der Waals surface area contributed by atoms with E-state index < -0.39 is 0 Å². The minimum Gasteiger partial charge on any atom is -0.398 e. The first-order chi connectivity index (χ1) is 9.97. The molecule has 0 saturated heterocycles. The number of hydrogen-bond acceptors (Lipinski definition) is 3. The Morgan fingerprint density at radius 2 is 2.05 bits per heavy atom. The lowest BCUT2D eigenvalue weighted by atomic mass is 10.1. The highest BCUT2D eigenvalue weighted by atomic mass is 32.2. The highest BCUT2D eigenvalue weighted by Crippen LogP contribution is 2.26. The summed E-state index contributed by atoms with van der Waals surface area (Å²) in [5.41, 5.74) is 9.05. The molecule has 0 aromatic heterocycles. The van der Waals surface area contributed by atoms with Gasteiger partial charge in [0.15, 0.2) is 0 Å². The van der Waals surface area contributed by atoms with Crippen LogP contribution in [0.5, 0.6) is 0 Å². The molecule has 21 heavy (non-hydrogen) atoms. The monoisotopic (exact) mass is 304 g/mol. The Bertz CT molecular complexity index is 673. The van der Waals surface area contributed by atoms with Crippen molar-refractivity contribution in [2.45, 2.75) is 18.7 Å². The third kappa shape index (κ3) is 3.98. The van der Waals surface area contributed by atoms with Crippen LogP contribution in [-0.2, 0) is 4.79 Å². The lowest BCUT2D eigenvalue weighted by Crippen LogP contribution is -2.15. The smallest absolute Gasteiger partial charge is 0.234 e. The average molecular weight is 304 g/mol. The number of aryl methyl sites for hydroxylation is 1. The number of anilines is 2. The zero-order valence-electron chi connectivity index (χ0n) is 11.9. The fourth-order valence-corrected chi connectivity index (χ4v) is 2.62. The zero-order valence-corrected chi connectivity index (χ0v) is 12.8. The second-order valence-electron chi connectivity index (χ2n) is 4.77. The number of carbonyl (C=O) groups is 1. The third-order valence-corrected chi connectivity index (χ3v) is 4.30. The van der Waals surface area contributed by atoms with Crippen LogP contribution in [0.25, 0.3) is 0 Å². The molecule has 0 aliphatic heterocycles. The van der Waals surface area contributed by atoms with E-state index in [1.807, 2.05) is 32.0 Å². The van der Waals surface area contributed by atoms with E-state index in [0.29, 0.717) is 10.6 Å². The van der Waals surface area contributed by atoms with Gasteiger partial charge in [-0.15, -0.1) is 11.8 Å². The van der Waals surface area contributed by atoms with Crippen molar-refractivity contribution in [1.29, 1.82) is 0 Å². The summed E-state index contributed by atoms with van der Waals surface area (Å²) in [6, 6.07) is 9.95. The van der Waals surface area contributed by atoms with Crippen LogP contribution in [0.3, 0.4) is 0 Å². The molecule has 0 spiro atoms. The molecule has 110 valence electrons. The van der Waals surface area contributed by atoms with E-state index >= 15 is 0 Å². The van der Waals surface area contributed by atoms with Crippen LogP contribution in [0.2, 0.25) is 0 Å². The maximum atomic E-state index is 12.9. The fraction of sp³-hybridized carbons (Fsp3) is 0.188. The number of carbonyl (C=O) groups excluding carboxylic acids is 1. The van der Waals surface area contributed by atoms with Crippen LogP contribution < -0.4 is 11.1 Å². The van der Waals surface area contributed by atoms with Crippen molar-refractivity contribution in [1.82, 2.24) is 0 Å². The minimum atomic E-state index is -0.378. The van der Waals surface area contributed by atoms with Gasteiger partial charge in [0.05, 0.1) is 5.75 Å². The number of benzene rings is 2. The molecule has 0 atom stereocenters. The SMILES string of the molecule is Cc1cccc(NC(=O)CSc2ccc(F)cc2N)c1C. The quantitative estimate of drug-likeness (QED) is 0.668. The number of rotatable bonds is 4. The van der Waals surface area contributed by atoms with Crippen molar-refractivity contribution in [2.24, 2.45) is 0 Å². The van der Waals surface area contributed by atoms with Crippen molar-refractivity contribution < 1.29 is 9.18 Å². The molecule has 0 bridgehead atoms. The molecule has 0 fully saturated rings. The lowest BCUT2D eigenvalue weighted by Gasteiger charge is -2.10. The van der Waals surface area contributed by atoms with Gasteiger partial charge in [-0.05, 0) is 49.2 Å². The summed E-state index contributed by atoms with van der Waals surface area (Å²) in [7, 11) is 0. The molecule has 2 rings (SSSR count). The second-order valence-corrected chi connectivity index (χ2v) is 5.78. The molecule has 0 aliphatic rings. The van der Waals surface area contributed by atoms with E-state index in [1.165, 1.54) is 23.9 Å². The summed E-state index contributed by atoms with van der Waals surface area (Å²) >= 11 is 1.29. The van der Waals surface area contributed by atoms with Crippen LogP contribution in [0.1, 0.15) is 11.1 Å². The highest BCUT2D eigenvalue weighted by Gasteiger charge is 2.08. The van der Waals surface area contributed by atoms with Crippen molar-refractivity contribution >= 4 is 29.0 Å². The first-order valence-electron chi connectivity index (χ1n) is 6.51. The van der Waals surface area contributed by atoms with Gasteiger partial charge in [-0.25, -0.2) is 4.39 Å². The van der Waals surface area contributed by atoms with Crippen LogP contribution in [0.4, 0.5) is 15.8 Å². The van der Waals surface area contributed by atoms with Gasteiger partial charge in [0.25, 0.3) is 0 Å². The molecule has 0 aliphatic carbocycles. The van der Waals surface area contributed by atoms with E-state index in [1.54, 1.807) is 6.07 Å². The first kappa shape index (κ1) is 15.4. The van der Waals surface area contributed by atoms with Crippen LogP contribution in [0.15, 0.2) is 41.3 Å². The molecule has 0 saturated carbocycles. The average Bonchev–Trinajstić information content (AvgIpc) is 2.43. The highest BCUT2D eigenvalue weighted by molar-refractivity contribution is 8.00. The van der Waals surface area contributed by atoms with Gasteiger partial charge < -0.3 is 11.1 Å². The fourth-order valence-electron chi connectivity index (χ4n) is 1.87. The van der Waals surface area contributed by atoms with E-state index in [4.69, 9.17) is 5.73 Å². The van der Waals surface area contributed by atoms with Gasteiger partial charge >= 0.3 is 0 Å². The molecule has 2 aromatic rings. The maximum Gasteiger partial charge on any atom is 0.234 e. The van der Waals surface area contributed by atoms with Gasteiger partial charge in [0.1, 0.15) is 5.82 Å². The summed E-state index contributed by atoms with van der Waals surface area (Å²) < 4.78 is 12.9. The van der Waals surface area contributed by atoms with E-state index in [2.05, 4.69) is 5.32 Å². The summed E-state index contributed by atoms with van der Waals surface area (Å²) in [6.07, 6.45) is 0. The summed E-state index contributed by atoms with van der Waals surface area (Å²) in [6.45, 7) is 3.97. The van der Waals surface area contributed by atoms with E-state index in [9.17, 15) is 9.18 Å². The van der Waals surface area contributed by atoms with E-state index in [0.717, 1.165) is 16.8 Å². The Labute approximate surface area is 127 Å². The number of amides is 1. The van der Waals surface area contributed by atoms with Crippen molar-refractivity contribution in [3.8, 4) is 0 Å². The van der Waals surface area contributed by atoms with Gasteiger partial charge in [0, 0.05) is 16.3 Å². The van der Waals surface area contributed by atoms with Crippen LogP contribution in [-0.4, -0.2) is 11.7 Å². The van der Waals surface area contributed by atoms with Crippen molar-refractivity contribution in [3.05, 3.63) is 53.3 Å². The maximum absolute atomic E-state index is 12.9. The summed E-state index contributed by atoms with van der Waals surface area (Å²) in [5, 5.41) is 2.88. The van der Waals surface area contributed by atoms with Crippen LogP contribution in [0, 0.1) is 19.7 Å². The summed E-state index contributed by atoms with van der Waals surface area (Å²) in [5.74, 6) is -0.266. The number of nitrogens with one attached hydrogen (secondary N) is 1. The molecule has 3 nitrogen and oxygen atoms in total. The second kappa shape index (κ2) is 6.63. The van der Waals surface area contributed by atoms with Gasteiger partial charge in [-0.3, -0.25) is 4.79 Å². The molecule has 3 N–H and O–H groups in total. The number of halogens is 1. The lowest BCUT2D eigenvalue weighted by molar-refractivity contribution is -0.113. The molecule has 2 aromatic carbocycles. The molecule has 0 heterocycles. The van der Waals surface area contributed by atoms with Gasteiger partial charge in [0.2, 0.25) is 5.91 Å². The normalized spacial score (nSPS) is 10.4. The number of hydrogen-bond donors (Lipinski definition) is 2. The molecular formula is C16H17FN2OS. The third-order valence-electron chi connectivity index (χ3n) is 3.21. The number of nitrogens with two attached hydrogens (primary N) is 1. The minimum absolute atomic E-state index is 0.113. The Morgan fingerprint density at radius 3 is 2.76 bits per heavy atom. The van der Waals surface area contributed by atoms with Gasteiger partial charge in [-0.2, -0.15) is 0 Å². The molecular weight excluding hydrogens is 287 g/mol. The molecule has 1 amide bonds. The van der Waals surface area contributed by atoms with E-state index in [-0.39, 0.29) is 17.5 Å². The standard InChI is InChI=1S/C16H17FN2OS/c1-10-4-3-5-14(11(10)2)19-16(20)9-21-15-7-6-12(17)8-13(15)18/h3-8H,9,18H2,1-2H3,(H,19,20). The molecule has 5 heteroatoms. The first-order valence-corrected chi connectivity index (χ1v) is 7.50. The number of nitrogen functional groups attached to an aromatic ring is 1. The molecule has 0 unspecified atom stereocenters. The Kier molecular flexibility index (Phi) is 4.85. The summed E-state index contributed by atoms with van der Waals surface area (Å²) in [4.78, 5) is 12.7. The molecule has 0 radical (unpaired) electrons. The van der Waals surface area contributed by atoms with Crippen molar-refractivity contribution in [2.75, 3.05) is 16.8 Å². The zero-order chi connectivity index (χ0) is 15.4. The largest absolute Gasteiger partial charge is 0.398 e. The predicted octanol–water partition coefficient (Wildman–Crippen LogP) is 3.76. The van der Waals surface area contributed by atoms with Crippen molar-refractivity contribution in [3.63, 3.8) is 0 Å². The Morgan fingerprint density at radius 1 is 1.29 bits per heavy atom.